The fourth-order valence-electron chi connectivity index (χ4n) is 2.94. The highest BCUT2D eigenvalue weighted by Gasteiger charge is 2.27. The minimum absolute atomic E-state index is 0.0766. The van der Waals surface area contributed by atoms with E-state index in [1.54, 1.807) is 11.1 Å². The molecule has 1 saturated heterocycles. The number of hydrogen-bond acceptors (Lipinski definition) is 7. The van der Waals surface area contributed by atoms with Gasteiger partial charge in [-0.25, -0.2) is 9.78 Å². The third-order valence-electron chi connectivity index (χ3n) is 4.52. The summed E-state index contributed by atoms with van der Waals surface area (Å²) in [7, 11) is 0. The minimum Gasteiger partial charge on any atom is -0.490 e. The summed E-state index contributed by atoms with van der Waals surface area (Å²) >= 11 is 0. The third kappa shape index (κ3) is 5.97. The molecule has 1 aliphatic rings. The lowest BCUT2D eigenvalue weighted by molar-refractivity contribution is 0.0126. The van der Waals surface area contributed by atoms with Gasteiger partial charge in [0.25, 0.3) is 0 Å². The number of nitrogen functional groups attached to an aromatic ring is 1. The van der Waals surface area contributed by atoms with Gasteiger partial charge in [-0.1, -0.05) is 0 Å². The van der Waals surface area contributed by atoms with E-state index in [9.17, 15) is 4.79 Å². The Hall–Kier alpha value is -3.03. The van der Waals surface area contributed by atoms with Crippen molar-refractivity contribution < 1.29 is 14.3 Å². The number of nitrogens with one attached hydrogen (secondary N) is 1. The Morgan fingerprint density at radius 3 is 2.45 bits per heavy atom. The molecule has 1 aliphatic heterocycles. The zero-order valence-electron chi connectivity index (χ0n) is 17.4. The molecule has 8 nitrogen and oxygen atoms in total. The maximum atomic E-state index is 12.1. The number of amides is 1. The molecule has 1 fully saturated rings. The SMILES string of the molecule is Cc1cnc(Nc2ccc(OC3CCN(C(=O)OC(C)(C)C)CC3)cc2)nc1N. The highest BCUT2D eigenvalue weighted by molar-refractivity contribution is 5.68. The van der Waals surface area contributed by atoms with E-state index in [0.717, 1.165) is 29.8 Å². The Morgan fingerprint density at radius 2 is 1.86 bits per heavy atom. The lowest BCUT2D eigenvalue weighted by Crippen LogP contribution is -2.44. The molecule has 1 aromatic carbocycles. The summed E-state index contributed by atoms with van der Waals surface area (Å²) in [5, 5.41) is 3.12. The number of aryl methyl sites for hydroxylation is 1. The van der Waals surface area contributed by atoms with Gasteiger partial charge in [-0.3, -0.25) is 0 Å². The molecule has 3 rings (SSSR count). The Labute approximate surface area is 171 Å². The van der Waals surface area contributed by atoms with Gasteiger partial charge in [0, 0.05) is 43.4 Å². The number of hydrogen-bond donors (Lipinski definition) is 2. The first kappa shape index (κ1) is 20.7. The average molecular weight is 399 g/mol. The maximum absolute atomic E-state index is 12.1. The topological polar surface area (TPSA) is 103 Å². The summed E-state index contributed by atoms with van der Waals surface area (Å²) in [6, 6.07) is 7.62. The maximum Gasteiger partial charge on any atom is 0.410 e. The molecule has 0 atom stereocenters. The number of ether oxygens (including phenoxy) is 2. The highest BCUT2D eigenvalue weighted by atomic mass is 16.6. The van der Waals surface area contributed by atoms with Crippen LogP contribution in [0.4, 0.5) is 22.2 Å². The Bertz CT molecular complexity index is 840. The van der Waals surface area contributed by atoms with Crippen LogP contribution in [0.15, 0.2) is 30.5 Å². The number of piperidine rings is 1. The normalized spacial score (nSPS) is 15.1. The van der Waals surface area contributed by atoms with Gasteiger partial charge in [-0.2, -0.15) is 4.98 Å². The van der Waals surface area contributed by atoms with Crippen LogP contribution in [0.3, 0.4) is 0 Å². The van der Waals surface area contributed by atoms with Gasteiger partial charge in [0.15, 0.2) is 0 Å². The summed E-state index contributed by atoms with van der Waals surface area (Å²) in [4.78, 5) is 22.3. The monoisotopic (exact) mass is 399 g/mol. The van der Waals surface area contributed by atoms with Crippen LogP contribution >= 0.6 is 0 Å². The quantitative estimate of drug-likeness (QED) is 0.804. The Morgan fingerprint density at radius 1 is 1.21 bits per heavy atom. The zero-order valence-corrected chi connectivity index (χ0v) is 17.4. The number of rotatable bonds is 4. The van der Waals surface area contributed by atoms with Crippen LogP contribution in [0.5, 0.6) is 5.75 Å². The van der Waals surface area contributed by atoms with Crippen molar-refractivity contribution in [2.75, 3.05) is 24.1 Å². The van der Waals surface area contributed by atoms with Crippen LogP contribution in [-0.2, 0) is 4.74 Å². The average Bonchev–Trinajstić information content (AvgIpc) is 2.65. The van der Waals surface area contributed by atoms with E-state index in [2.05, 4.69) is 15.3 Å². The molecule has 0 spiro atoms. The van der Waals surface area contributed by atoms with Gasteiger partial charge in [-0.05, 0) is 52.0 Å². The molecule has 3 N–H and O–H groups in total. The Balaban J connectivity index is 1.49. The number of anilines is 3. The summed E-state index contributed by atoms with van der Waals surface area (Å²) in [6.07, 6.45) is 3.05. The van der Waals surface area contributed by atoms with Crippen LogP contribution in [0.25, 0.3) is 0 Å². The van der Waals surface area contributed by atoms with Gasteiger partial charge >= 0.3 is 6.09 Å². The molecule has 156 valence electrons. The summed E-state index contributed by atoms with van der Waals surface area (Å²) < 4.78 is 11.5. The van der Waals surface area contributed by atoms with E-state index >= 15 is 0 Å². The molecule has 0 radical (unpaired) electrons. The van der Waals surface area contributed by atoms with Gasteiger partial charge in [0.1, 0.15) is 23.3 Å². The van der Waals surface area contributed by atoms with Crippen molar-refractivity contribution in [3.8, 4) is 5.75 Å². The first-order valence-electron chi connectivity index (χ1n) is 9.80. The first-order valence-corrected chi connectivity index (χ1v) is 9.80. The molecule has 0 unspecified atom stereocenters. The molecule has 2 aromatic rings. The number of aromatic nitrogens is 2. The summed E-state index contributed by atoms with van der Waals surface area (Å²) in [6.45, 7) is 8.75. The van der Waals surface area contributed by atoms with E-state index in [4.69, 9.17) is 15.2 Å². The largest absolute Gasteiger partial charge is 0.490 e. The van der Waals surface area contributed by atoms with E-state index in [1.165, 1.54) is 0 Å². The van der Waals surface area contributed by atoms with Crippen LogP contribution in [0, 0.1) is 6.92 Å². The number of nitrogens with two attached hydrogens (primary N) is 1. The van der Waals surface area contributed by atoms with Crippen LogP contribution in [-0.4, -0.2) is 45.8 Å². The smallest absolute Gasteiger partial charge is 0.410 e. The van der Waals surface area contributed by atoms with Crippen LogP contribution in [0.2, 0.25) is 0 Å². The van der Waals surface area contributed by atoms with Crippen LogP contribution < -0.4 is 15.8 Å². The molecule has 29 heavy (non-hydrogen) atoms. The molecular formula is C21H29N5O3. The zero-order chi connectivity index (χ0) is 21.0. The van der Waals surface area contributed by atoms with Crippen molar-refractivity contribution in [2.45, 2.75) is 52.2 Å². The predicted octanol–water partition coefficient (Wildman–Crippen LogP) is 3.89. The molecule has 0 saturated carbocycles. The second kappa shape index (κ2) is 8.55. The highest BCUT2D eigenvalue weighted by Crippen LogP contribution is 2.23. The fraction of sp³-hybridized carbons (Fsp3) is 0.476. The molecule has 1 amide bonds. The lowest BCUT2D eigenvalue weighted by Gasteiger charge is -2.33. The van der Waals surface area contributed by atoms with Crippen LogP contribution in [0.1, 0.15) is 39.2 Å². The number of nitrogens with zero attached hydrogens (tertiary/aromatic N) is 3. The first-order chi connectivity index (χ1) is 13.7. The molecule has 1 aromatic heterocycles. The molecule has 0 bridgehead atoms. The number of benzene rings is 1. The lowest BCUT2D eigenvalue weighted by atomic mass is 10.1. The van der Waals surface area contributed by atoms with Gasteiger partial charge < -0.3 is 25.4 Å². The van der Waals surface area contributed by atoms with Crippen molar-refractivity contribution >= 4 is 23.5 Å². The van der Waals surface area contributed by atoms with Crippen molar-refractivity contribution in [3.05, 3.63) is 36.0 Å². The van der Waals surface area contributed by atoms with E-state index in [1.807, 2.05) is 52.0 Å². The molecule has 8 heteroatoms. The van der Waals surface area contributed by atoms with Crippen molar-refractivity contribution in [1.29, 1.82) is 0 Å². The molecule has 0 aliphatic carbocycles. The standard InChI is InChI=1S/C21H29N5O3/c1-14-13-23-19(25-18(14)22)24-15-5-7-16(8-6-15)28-17-9-11-26(12-10-17)20(27)29-21(2,3)4/h5-8,13,17H,9-12H2,1-4H3,(H3,22,23,24,25). The second-order valence-electron chi connectivity index (χ2n) is 8.20. The third-order valence-corrected chi connectivity index (χ3v) is 4.52. The van der Waals surface area contributed by atoms with Crippen molar-refractivity contribution in [3.63, 3.8) is 0 Å². The fourth-order valence-corrected chi connectivity index (χ4v) is 2.94. The summed E-state index contributed by atoms with van der Waals surface area (Å²) in [5.74, 6) is 1.70. The van der Waals surface area contributed by atoms with Gasteiger partial charge in [-0.15, -0.1) is 0 Å². The molecular weight excluding hydrogens is 370 g/mol. The Kier molecular flexibility index (Phi) is 6.10. The van der Waals surface area contributed by atoms with E-state index in [0.29, 0.717) is 24.9 Å². The number of carbonyl (C=O) groups is 1. The van der Waals surface area contributed by atoms with E-state index < -0.39 is 5.60 Å². The second-order valence-corrected chi connectivity index (χ2v) is 8.20. The number of carbonyl (C=O) groups excluding carboxylic acids is 1. The van der Waals surface area contributed by atoms with E-state index in [-0.39, 0.29) is 12.2 Å². The number of likely N-dealkylation sites (tertiary alicyclic amines) is 1. The van der Waals surface area contributed by atoms with Crippen molar-refractivity contribution in [2.24, 2.45) is 0 Å². The summed E-state index contributed by atoms with van der Waals surface area (Å²) in [5.41, 5.74) is 7.03. The van der Waals surface area contributed by atoms with Gasteiger partial charge in [0.2, 0.25) is 5.95 Å². The minimum atomic E-state index is -0.477. The molecule has 2 heterocycles. The van der Waals surface area contributed by atoms with Crippen molar-refractivity contribution in [1.82, 2.24) is 14.9 Å². The van der Waals surface area contributed by atoms with Gasteiger partial charge in [0.05, 0.1) is 0 Å². The predicted molar refractivity (Wildman–Crippen MR) is 112 cm³/mol.